The van der Waals surface area contributed by atoms with Crippen LogP contribution in [0, 0.1) is 5.41 Å². The summed E-state index contributed by atoms with van der Waals surface area (Å²) in [6, 6.07) is 16.2. The molecule has 2 aromatic rings. The lowest BCUT2D eigenvalue weighted by molar-refractivity contribution is 0.321. The van der Waals surface area contributed by atoms with Gasteiger partial charge < -0.3 is 5.32 Å². The van der Waals surface area contributed by atoms with E-state index >= 15 is 0 Å². The molecule has 3 rings (SSSR count). The van der Waals surface area contributed by atoms with Crippen LogP contribution in [0.15, 0.2) is 42.5 Å². The highest BCUT2D eigenvalue weighted by Gasteiger charge is 2.22. The van der Waals surface area contributed by atoms with E-state index in [9.17, 15) is 0 Å². The highest BCUT2D eigenvalue weighted by atomic mass is 14.9. The quantitative estimate of drug-likeness (QED) is 0.715. The van der Waals surface area contributed by atoms with Crippen LogP contribution in [0.2, 0.25) is 0 Å². The van der Waals surface area contributed by atoms with E-state index in [-0.39, 0.29) is 0 Å². The Morgan fingerprint density at radius 3 is 2.43 bits per heavy atom. The van der Waals surface area contributed by atoms with Crippen molar-refractivity contribution in [2.75, 3.05) is 7.05 Å². The van der Waals surface area contributed by atoms with Crippen LogP contribution in [0.25, 0.3) is 11.1 Å². The topological polar surface area (TPSA) is 12.0 Å². The Hall–Kier alpha value is -1.60. The van der Waals surface area contributed by atoms with E-state index in [0.29, 0.717) is 11.5 Å². The molecule has 0 aliphatic heterocycles. The Bertz CT molecular complexity index is 649. The Morgan fingerprint density at radius 1 is 1.00 bits per heavy atom. The van der Waals surface area contributed by atoms with E-state index in [1.807, 2.05) is 0 Å². The average molecular weight is 279 g/mol. The van der Waals surface area contributed by atoms with Gasteiger partial charge >= 0.3 is 0 Å². The van der Waals surface area contributed by atoms with Gasteiger partial charge in [0.1, 0.15) is 0 Å². The second-order valence-electron chi connectivity index (χ2n) is 7.36. The lowest BCUT2D eigenvalue weighted by Crippen LogP contribution is -2.22. The first-order chi connectivity index (χ1) is 9.98. The molecule has 2 aromatic carbocycles. The molecule has 1 aliphatic carbocycles. The smallest absolute Gasteiger partial charge is 0.0322 e. The monoisotopic (exact) mass is 279 g/mol. The maximum Gasteiger partial charge on any atom is 0.0322 e. The lowest BCUT2D eigenvalue weighted by Gasteiger charge is -2.26. The number of nitrogens with one attached hydrogen (secondary N) is 1. The summed E-state index contributed by atoms with van der Waals surface area (Å²) in [6.45, 7) is 6.92. The van der Waals surface area contributed by atoms with Gasteiger partial charge in [0.15, 0.2) is 0 Å². The third-order valence-corrected chi connectivity index (χ3v) is 4.39. The van der Waals surface area contributed by atoms with E-state index in [4.69, 9.17) is 0 Å². The molecule has 1 aliphatic rings. The summed E-state index contributed by atoms with van der Waals surface area (Å²) < 4.78 is 0. The van der Waals surface area contributed by atoms with E-state index in [1.54, 1.807) is 0 Å². The van der Waals surface area contributed by atoms with Gasteiger partial charge in [0, 0.05) is 6.04 Å². The molecule has 0 fully saturated rings. The van der Waals surface area contributed by atoms with Gasteiger partial charge in [0.2, 0.25) is 0 Å². The first-order valence-electron chi connectivity index (χ1n) is 7.86. The minimum Gasteiger partial charge on any atom is -0.313 e. The zero-order valence-electron chi connectivity index (χ0n) is 13.5. The van der Waals surface area contributed by atoms with Crippen molar-refractivity contribution in [3.8, 4) is 11.1 Å². The predicted octanol–water partition coefficient (Wildman–Crippen LogP) is 4.95. The molecule has 1 N–H and O–H groups in total. The minimum atomic E-state index is 0.324. The molecular weight excluding hydrogens is 254 g/mol. The fourth-order valence-corrected chi connectivity index (χ4v) is 3.36. The predicted molar refractivity (Wildman–Crippen MR) is 90.6 cm³/mol. The van der Waals surface area contributed by atoms with E-state index < -0.39 is 0 Å². The number of benzene rings is 2. The number of fused-ring (bicyclic) bond motifs is 3. The summed E-state index contributed by atoms with van der Waals surface area (Å²) in [5, 5.41) is 3.49. The van der Waals surface area contributed by atoms with Crippen LogP contribution >= 0.6 is 0 Å². The Morgan fingerprint density at radius 2 is 1.71 bits per heavy atom. The van der Waals surface area contributed by atoms with Crippen molar-refractivity contribution in [1.29, 1.82) is 0 Å². The summed E-state index contributed by atoms with van der Waals surface area (Å²) in [5.41, 5.74) is 7.50. The van der Waals surface area contributed by atoms with Crippen molar-refractivity contribution in [2.24, 2.45) is 5.41 Å². The van der Waals surface area contributed by atoms with Crippen LogP contribution < -0.4 is 5.32 Å². The average Bonchev–Trinajstić information content (AvgIpc) is 2.81. The Kier molecular flexibility index (Phi) is 3.62. The Labute approximate surface area is 128 Å². The second-order valence-corrected chi connectivity index (χ2v) is 7.36. The van der Waals surface area contributed by atoms with Crippen molar-refractivity contribution in [3.63, 3.8) is 0 Å². The number of hydrogen-bond acceptors (Lipinski definition) is 1. The summed E-state index contributed by atoms with van der Waals surface area (Å²) in [6.07, 6.45) is 2.22. The van der Waals surface area contributed by atoms with Gasteiger partial charge in [-0.15, -0.1) is 0 Å². The molecule has 0 spiro atoms. The maximum absolute atomic E-state index is 3.49. The molecule has 0 radical (unpaired) electrons. The van der Waals surface area contributed by atoms with Crippen molar-refractivity contribution in [3.05, 3.63) is 59.2 Å². The van der Waals surface area contributed by atoms with Gasteiger partial charge in [-0.1, -0.05) is 57.2 Å². The minimum absolute atomic E-state index is 0.324. The van der Waals surface area contributed by atoms with Crippen LogP contribution in [0.3, 0.4) is 0 Å². The van der Waals surface area contributed by atoms with Gasteiger partial charge in [-0.3, -0.25) is 0 Å². The van der Waals surface area contributed by atoms with Gasteiger partial charge in [-0.25, -0.2) is 0 Å². The molecule has 21 heavy (non-hydrogen) atoms. The van der Waals surface area contributed by atoms with Crippen molar-refractivity contribution >= 4 is 0 Å². The largest absolute Gasteiger partial charge is 0.313 e. The summed E-state index contributed by atoms with van der Waals surface area (Å²) in [5.74, 6) is 0. The molecule has 1 unspecified atom stereocenters. The van der Waals surface area contributed by atoms with E-state index in [0.717, 1.165) is 12.8 Å². The third kappa shape index (κ3) is 2.89. The standard InChI is InChI=1S/C20H25N/c1-20(2,3)13-19(21-4)16-10-9-15-11-14-7-5-6-8-17(14)18(15)12-16/h5-10,12,19,21H,11,13H2,1-4H3. The lowest BCUT2D eigenvalue weighted by atomic mass is 9.85. The molecule has 0 heterocycles. The van der Waals surface area contributed by atoms with Crippen LogP contribution in [0.5, 0.6) is 0 Å². The molecule has 110 valence electrons. The van der Waals surface area contributed by atoms with Crippen molar-refractivity contribution in [1.82, 2.24) is 5.32 Å². The SMILES string of the molecule is CNC(CC(C)(C)C)c1ccc2c(c1)-c1ccccc1C2. The van der Waals surface area contributed by atoms with E-state index in [2.05, 4.69) is 75.6 Å². The van der Waals surface area contributed by atoms with Gasteiger partial charge in [-0.05, 0) is 59.2 Å². The highest BCUT2D eigenvalue weighted by Crippen LogP contribution is 2.39. The normalized spacial score (nSPS) is 14.7. The number of hydrogen-bond donors (Lipinski definition) is 1. The van der Waals surface area contributed by atoms with Gasteiger partial charge in [-0.2, -0.15) is 0 Å². The zero-order chi connectivity index (χ0) is 15.0. The molecule has 1 atom stereocenters. The van der Waals surface area contributed by atoms with Crippen LogP contribution in [0.4, 0.5) is 0 Å². The van der Waals surface area contributed by atoms with E-state index in [1.165, 1.54) is 27.8 Å². The zero-order valence-corrected chi connectivity index (χ0v) is 13.5. The third-order valence-electron chi connectivity index (χ3n) is 4.39. The van der Waals surface area contributed by atoms with Gasteiger partial charge in [0.05, 0.1) is 0 Å². The maximum atomic E-state index is 3.49. The molecule has 1 nitrogen and oxygen atoms in total. The van der Waals surface area contributed by atoms with Gasteiger partial charge in [0.25, 0.3) is 0 Å². The van der Waals surface area contributed by atoms with Crippen LogP contribution in [-0.4, -0.2) is 7.05 Å². The first-order valence-corrected chi connectivity index (χ1v) is 7.86. The Balaban J connectivity index is 1.97. The number of rotatable bonds is 3. The summed E-state index contributed by atoms with van der Waals surface area (Å²) in [4.78, 5) is 0. The molecule has 0 amide bonds. The van der Waals surface area contributed by atoms with Crippen molar-refractivity contribution < 1.29 is 0 Å². The van der Waals surface area contributed by atoms with Crippen LogP contribution in [0.1, 0.15) is 49.9 Å². The summed E-state index contributed by atoms with van der Waals surface area (Å²) in [7, 11) is 2.07. The first kappa shape index (κ1) is 14.3. The molecule has 0 aromatic heterocycles. The molecule has 0 saturated heterocycles. The molecular formula is C20H25N. The fourth-order valence-electron chi connectivity index (χ4n) is 3.36. The van der Waals surface area contributed by atoms with Crippen molar-refractivity contribution in [2.45, 2.75) is 39.7 Å². The highest BCUT2D eigenvalue weighted by molar-refractivity contribution is 5.77. The summed E-state index contributed by atoms with van der Waals surface area (Å²) >= 11 is 0. The van der Waals surface area contributed by atoms with Crippen LogP contribution in [-0.2, 0) is 6.42 Å². The molecule has 1 heteroatoms. The second kappa shape index (κ2) is 5.31. The fraction of sp³-hybridized carbons (Fsp3) is 0.400. The molecule has 0 saturated carbocycles. The molecule has 0 bridgehead atoms.